The van der Waals surface area contributed by atoms with Crippen LogP contribution in [-0.2, 0) is 10.0 Å². The zero-order valence-electron chi connectivity index (χ0n) is 14.8. The molecule has 25 heavy (non-hydrogen) atoms. The molecular formula is C19H24N2O3S. The Hall–Kier alpha value is -2.18. The molecule has 0 atom stereocenters. The minimum absolute atomic E-state index is 0.110. The highest BCUT2D eigenvalue weighted by Gasteiger charge is 2.15. The SMILES string of the molecule is CCN(CCNS(=O)(=O)c1cccc(C(C)=O)c1)c1cccc(C)c1. The molecule has 2 rings (SSSR count). The van der Waals surface area contributed by atoms with Gasteiger partial charge in [-0.3, -0.25) is 4.79 Å². The zero-order valence-corrected chi connectivity index (χ0v) is 15.6. The molecule has 2 aromatic carbocycles. The van der Waals surface area contributed by atoms with E-state index >= 15 is 0 Å². The quantitative estimate of drug-likeness (QED) is 0.735. The van der Waals surface area contributed by atoms with Crippen LogP contribution in [0.4, 0.5) is 5.69 Å². The molecule has 0 radical (unpaired) electrons. The Kier molecular flexibility index (Phi) is 6.33. The molecule has 1 N–H and O–H groups in total. The summed E-state index contributed by atoms with van der Waals surface area (Å²) in [6.07, 6.45) is 0. The molecule has 0 aliphatic rings. The average Bonchev–Trinajstić information content (AvgIpc) is 2.59. The molecule has 0 spiro atoms. The number of carbonyl (C=O) groups is 1. The van der Waals surface area contributed by atoms with Crippen molar-refractivity contribution in [3.63, 3.8) is 0 Å². The third kappa shape index (κ3) is 5.14. The first-order valence-electron chi connectivity index (χ1n) is 8.26. The number of nitrogens with zero attached hydrogens (tertiary/aromatic N) is 1. The fraction of sp³-hybridized carbons (Fsp3) is 0.316. The van der Waals surface area contributed by atoms with Gasteiger partial charge in [0, 0.05) is 30.9 Å². The maximum absolute atomic E-state index is 12.4. The summed E-state index contributed by atoms with van der Waals surface area (Å²) in [6, 6.07) is 14.2. The van der Waals surface area contributed by atoms with Gasteiger partial charge in [0.25, 0.3) is 0 Å². The van der Waals surface area contributed by atoms with E-state index in [0.717, 1.165) is 17.8 Å². The largest absolute Gasteiger partial charge is 0.370 e. The van der Waals surface area contributed by atoms with E-state index in [-0.39, 0.29) is 17.2 Å². The van der Waals surface area contributed by atoms with Crippen LogP contribution in [0.5, 0.6) is 0 Å². The Morgan fingerprint density at radius 1 is 1.12 bits per heavy atom. The fourth-order valence-electron chi connectivity index (χ4n) is 2.57. The summed E-state index contributed by atoms with van der Waals surface area (Å²) in [5, 5.41) is 0. The van der Waals surface area contributed by atoms with E-state index in [0.29, 0.717) is 12.1 Å². The van der Waals surface area contributed by atoms with Crippen LogP contribution in [0.25, 0.3) is 0 Å². The van der Waals surface area contributed by atoms with Gasteiger partial charge >= 0.3 is 0 Å². The summed E-state index contributed by atoms with van der Waals surface area (Å²) in [4.78, 5) is 13.7. The molecule has 0 bridgehead atoms. The van der Waals surface area contributed by atoms with Crippen LogP contribution >= 0.6 is 0 Å². The van der Waals surface area contributed by atoms with E-state index in [4.69, 9.17) is 0 Å². The monoisotopic (exact) mass is 360 g/mol. The van der Waals surface area contributed by atoms with Crippen LogP contribution in [0.2, 0.25) is 0 Å². The minimum atomic E-state index is -3.64. The topological polar surface area (TPSA) is 66.5 Å². The molecule has 0 aliphatic carbocycles. The fourth-order valence-corrected chi connectivity index (χ4v) is 3.64. The molecule has 0 heterocycles. The molecule has 0 saturated heterocycles. The van der Waals surface area contributed by atoms with Crippen LogP contribution in [0.1, 0.15) is 29.8 Å². The summed E-state index contributed by atoms with van der Waals surface area (Å²) in [5.74, 6) is -0.159. The van der Waals surface area contributed by atoms with E-state index in [2.05, 4.69) is 15.7 Å². The molecule has 2 aromatic rings. The maximum Gasteiger partial charge on any atom is 0.240 e. The van der Waals surface area contributed by atoms with Crippen molar-refractivity contribution < 1.29 is 13.2 Å². The first-order chi connectivity index (χ1) is 11.8. The Balaban J connectivity index is 2.04. The second kappa shape index (κ2) is 8.27. The molecule has 0 aromatic heterocycles. The lowest BCUT2D eigenvalue weighted by Gasteiger charge is -2.23. The van der Waals surface area contributed by atoms with Gasteiger partial charge in [0.1, 0.15) is 0 Å². The lowest BCUT2D eigenvalue weighted by Crippen LogP contribution is -2.35. The Bertz CT molecular complexity index is 847. The van der Waals surface area contributed by atoms with E-state index in [9.17, 15) is 13.2 Å². The van der Waals surface area contributed by atoms with Gasteiger partial charge in [0.15, 0.2) is 5.78 Å². The Morgan fingerprint density at radius 3 is 2.48 bits per heavy atom. The predicted molar refractivity (Wildman–Crippen MR) is 101 cm³/mol. The normalized spacial score (nSPS) is 11.3. The smallest absolute Gasteiger partial charge is 0.240 e. The Labute approximate surface area is 149 Å². The van der Waals surface area contributed by atoms with E-state index < -0.39 is 10.0 Å². The van der Waals surface area contributed by atoms with Crippen molar-refractivity contribution in [3.05, 3.63) is 59.7 Å². The minimum Gasteiger partial charge on any atom is -0.370 e. The second-order valence-electron chi connectivity index (χ2n) is 5.90. The average molecular weight is 360 g/mol. The van der Waals surface area contributed by atoms with Crippen LogP contribution in [-0.4, -0.2) is 33.8 Å². The highest BCUT2D eigenvalue weighted by molar-refractivity contribution is 7.89. The predicted octanol–water partition coefficient (Wildman–Crippen LogP) is 3.00. The van der Waals surface area contributed by atoms with Gasteiger partial charge in [-0.2, -0.15) is 0 Å². The van der Waals surface area contributed by atoms with Crippen molar-refractivity contribution in [2.45, 2.75) is 25.7 Å². The van der Waals surface area contributed by atoms with Crippen molar-refractivity contribution in [1.29, 1.82) is 0 Å². The molecule has 134 valence electrons. The molecule has 0 amide bonds. The number of benzene rings is 2. The molecule has 0 fully saturated rings. The van der Waals surface area contributed by atoms with Gasteiger partial charge in [0.05, 0.1) is 4.90 Å². The highest BCUT2D eigenvalue weighted by atomic mass is 32.2. The van der Waals surface area contributed by atoms with Gasteiger partial charge < -0.3 is 4.90 Å². The van der Waals surface area contributed by atoms with Gasteiger partial charge in [0.2, 0.25) is 10.0 Å². The van der Waals surface area contributed by atoms with Crippen LogP contribution in [0.15, 0.2) is 53.4 Å². The summed E-state index contributed by atoms with van der Waals surface area (Å²) >= 11 is 0. The van der Waals surface area contributed by atoms with E-state index in [1.807, 2.05) is 32.0 Å². The summed E-state index contributed by atoms with van der Waals surface area (Å²) in [6.45, 7) is 7.11. The molecular weight excluding hydrogens is 336 g/mol. The van der Waals surface area contributed by atoms with Crippen molar-refractivity contribution in [3.8, 4) is 0 Å². The van der Waals surface area contributed by atoms with Crippen molar-refractivity contribution >= 4 is 21.5 Å². The van der Waals surface area contributed by atoms with Crippen molar-refractivity contribution in [2.75, 3.05) is 24.5 Å². The summed E-state index contributed by atoms with van der Waals surface area (Å²) in [7, 11) is -3.64. The maximum atomic E-state index is 12.4. The molecule has 0 aliphatic heterocycles. The number of hydrogen-bond acceptors (Lipinski definition) is 4. The molecule has 5 nitrogen and oxygen atoms in total. The van der Waals surface area contributed by atoms with Gasteiger partial charge in [-0.05, 0) is 50.6 Å². The van der Waals surface area contributed by atoms with Gasteiger partial charge in [-0.15, -0.1) is 0 Å². The van der Waals surface area contributed by atoms with Gasteiger partial charge in [-0.25, -0.2) is 13.1 Å². The zero-order chi connectivity index (χ0) is 18.4. The number of ketones is 1. The Morgan fingerprint density at radius 2 is 1.84 bits per heavy atom. The van der Waals surface area contributed by atoms with Crippen LogP contribution in [0.3, 0.4) is 0 Å². The number of hydrogen-bond donors (Lipinski definition) is 1. The highest BCUT2D eigenvalue weighted by Crippen LogP contribution is 2.16. The number of anilines is 1. The molecule has 0 saturated carbocycles. The number of aryl methyl sites for hydroxylation is 1. The molecule has 6 heteroatoms. The standard InChI is InChI=1S/C19H24N2O3S/c1-4-21(18-9-5-7-15(2)13-18)12-11-20-25(23,24)19-10-6-8-17(14-19)16(3)22/h5-10,13-14,20H,4,11-12H2,1-3H3. The number of rotatable bonds is 8. The van der Waals surface area contributed by atoms with E-state index in [1.54, 1.807) is 12.1 Å². The van der Waals surface area contributed by atoms with E-state index in [1.165, 1.54) is 19.1 Å². The number of carbonyl (C=O) groups excluding carboxylic acids is 1. The lowest BCUT2D eigenvalue weighted by molar-refractivity contribution is 0.101. The van der Waals surface area contributed by atoms with Crippen LogP contribution in [0, 0.1) is 6.92 Å². The number of nitrogens with one attached hydrogen (secondary N) is 1. The first kappa shape index (κ1) is 19.1. The number of likely N-dealkylation sites (N-methyl/N-ethyl adjacent to an activating group) is 1. The summed E-state index contributed by atoms with van der Waals surface area (Å²) < 4.78 is 27.5. The van der Waals surface area contributed by atoms with Crippen molar-refractivity contribution in [2.24, 2.45) is 0 Å². The third-order valence-corrected chi connectivity index (χ3v) is 5.43. The van der Waals surface area contributed by atoms with Crippen LogP contribution < -0.4 is 9.62 Å². The first-order valence-corrected chi connectivity index (χ1v) is 9.74. The lowest BCUT2D eigenvalue weighted by atomic mass is 10.2. The number of sulfonamides is 1. The van der Waals surface area contributed by atoms with Gasteiger partial charge in [-0.1, -0.05) is 24.3 Å². The second-order valence-corrected chi connectivity index (χ2v) is 7.67. The summed E-state index contributed by atoms with van der Waals surface area (Å²) in [5.41, 5.74) is 2.62. The molecule has 0 unspecified atom stereocenters. The third-order valence-electron chi connectivity index (χ3n) is 3.97. The van der Waals surface area contributed by atoms with Crippen molar-refractivity contribution in [1.82, 2.24) is 4.72 Å². The number of Topliss-reactive ketones (excluding diaryl/α,β-unsaturated/α-hetero) is 1.